The maximum Gasteiger partial charge on any atom is 0.0235 e. The molecule has 0 aromatic carbocycles. The van der Waals surface area contributed by atoms with Crippen molar-refractivity contribution in [2.75, 3.05) is 45.8 Å². The van der Waals surface area contributed by atoms with Crippen LogP contribution in [-0.4, -0.2) is 61.7 Å². The van der Waals surface area contributed by atoms with Crippen molar-refractivity contribution in [1.29, 1.82) is 0 Å². The Labute approximate surface area is 112 Å². The summed E-state index contributed by atoms with van der Waals surface area (Å²) < 4.78 is 0. The Kier molecular flexibility index (Phi) is 4.55. The van der Waals surface area contributed by atoms with Gasteiger partial charge in [0.25, 0.3) is 0 Å². The largest absolute Gasteiger partial charge is 0.317 e. The molecule has 3 rings (SSSR count). The van der Waals surface area contributed by atoms with E-state index in [1.54, 1.807) is 0 Å². The van der Waals surface area contributed by atoms with Crippen molar-refractivity contribution in [2.24, 2.45) is 5.92 Å². The third-order valence-corrected chi connectivity index (χ3v) is 5.13. The van der Waals surface area contributed by atoms with Crippen LogP contribution < -0.4 is 5.32 Å². The average molecular weight is 251 g/mol. The molecule has 0 saturated carbocycles. The summed E-state index contributed by atoms with van der Waals surface area (Å²) >= 11 is 0. The lowest BCUT2D eigenvalue weighted by Gasteiger charge is -2.33. The van der Waals surface area contributed by atoms with Gasteiger partial charge < -0.3 is 10.2 Å². The Morgan fingerprint density at radius 2 is 1.67 bits per heavy atom. The first-order valence-corrected chi connectivity index (χ1v) is 8.09. The molecule has 3 heteroatoms. The zero-order valence-electron chi connectivity index (χ0n) is 11.7. The van der Waals surface area contributed by atoms with E-state index in [-0.39, 0.29) is 0 Å². The van der Waals surface area contributed by atoms with E-state index < -0.39 is 0 Å². The summed E-state index contributed by atoms with van der Waals surface area (Å²) in [7, 11) is 0. The first kappa shape index (κ1) is 12.9. The molecule has 3 saturated heterocycles. The lowest BCUT2D eigenvalue weighted by molar-refractivity contribution is 0.156. The van der Waals surface area contributed by atoms with E-state index in [1.165, 1.54) is 84.3 Å². The Bertz CT molecular complexity index is 244. The molecule has 104 valence electrons. The molecule has 0 aromatic rings. The molecule has 0 bridgehead atoms. The van der Waals surface area contributed by atoms with E-state index in [4.69, 9.17) is 0 Å². The highest BCUT2D eigenvalue weighted by Gasteiger charge is 2.29. The Balaban J connectivity index is 1.42. The Morgan fingerprint density at radius 3 is 2.44 bits per heavy atom. The highest BCUT2D eigenvalue weighted by molar-refractivity contribution is 4.86. The van der Waals surface area contributed by atoms with Crippen molar-refractivity contribution in [1.82, 2.24) is 15.1 Å². The van der Waals surface area contributed by atoms with Gasteiger partial charge in [-0.05, 0) is 70.7 Å². The van der Waals surface area contributed by atoms with Crippen LogP contribution in [0.1, 0.15) is 38.5 Å². The number of nitrogens with zero attached hydrogens (tertiary/aromatic N) is 2. The summed E-state index contributed by atoms with van der Waals surface area (Å²) in [4.78, 5) is 5.52. The summed E-state index contributed by atoms with van der Waals surface area (Å²) in [5.74, 6) is 0.964. The third kappa shape index (κ3) is 3.25. The predicted octanol–water partition coefficient (Wildman–Crippen LogP) is 1.55. The van der Waals surface area contributed by atoms with Gasteiger partial charge >= 0.3 is 0 Å². The molecule has 3 fully saturated rings. The molecule has 1 unspecified atom stereocenters. The van der Waals surface area contributed by atoms with Crippen molar-refractivity contribution in [3.8, 4) is 0 Å². The topological polar surface area (TPSA) is 18.5 Å². The van der Waals surface area contributed by atoms with Crippen molar-refractivity contribution < 1.29 is 0 Å². The normalized spacial score (nSPS) is 33.0. The van der Waals surface area contributed by atoms with Crippen molar-refractivity contribution in [3.05, 3.63) is 0 Å². The SMILES string of the molecule is C1CCN(C2CCN(CC3CCNCC3)C2)CC1. The summed E-state index contributed by atoms with van der Waals surface area (Å²) in [6.07, 6.45) is 8.54. The molecule has 1 N–H and O–H groups in total. The fraction of sp³-hybridized carbons (Fsp3) is 1.00. The molecule has 3 heterocycles. The van der Waals surface area contributed by atoms with Gasteiger partial charge in [-0.25, -0.2) is 0 Å². The molecule has 18 heavy (non-hydrogen) atoms. The molecule has 0 radical (unpaired) electrons. The van der Waals surface area contributed by atoms with Crippen LogP contribution in [0.2, 0.25) is 0 Å². The quantitative estimate of drug-likeness (QED) is 0.821. The van der Waals surface area contributed by atoms with E-state index in [0.29, 0.717) is 0 Å². The van der Waals surface area contributed by atoms with Gasteiger partial charge in [0, 0.05) is 19.1 Å². The zero-order valence-corrected chi connectivity index (χ0v) is 11.7. The van der Waals surface area contributed by atoms with Gasteiger partial charge in [0.2, 0.25) is 0 Å². The molecule has 0 spiro atoms. The smallest absolute Gasteiger partial charge is 0.0235 e. The summed E-state index contributed by atoms with van der Waals surface area (Å²) in [6, 6.07) is 0.881. The molecule has 1 atom stereocenters. The second kappa shape index (κ2) is 6.36. The van der Waals surface area contributed by atoms with Crippen molar-refractivity contribution >= 4 is 0 Å². The highest BCUT2D eigenvalue weighted by Crippen LogP contribution is 2.22. The van der Waals surface area contributed by atoms with Gasteiger partial charge in [0.15, 0.2) is 0 Å². The minimum Gasteiger partial charge on any atom is -0.317 e. The van der Waals surface area contributed by atoms with Gasteiger partial charge in [0.1, 0.15) is 0 Å². The number of piperidine rings is 2. The van der Waals surface area contributed by atoms with E-state index in [1.807, 2.05) is 0 Å². The second-order valence-electron chi connectivity index (χ2n) is 6.49. The Hall–Kier alpha value is -0.120. The standard InChI is InChI=1S/C15H29N3/c1-2-9-18(10-3-1)15-6-11-17(13-15)12-14-4-7-16-8-5-14/h14-16H,1-13H2. The molecule has 3 aliphatic rings. The number of likely N-dealkylation sites (tertiary alicyclic amines) is 2. The van der Waals surface area contributed by atoms with Crippen LogP contribution in [0, 0.1) is 5.92 Å². The monoisotopic (exact) mass is 251 g/mol. The fourth-order valence-corrected chi connectivity index (χ4v) is 3.99. The first-order chi connectivity index (χ1) is 8.92. The maximum absolute atomic E-state index is 3.47. The van der Waals surface area contributed by atoms with Crippen molar-refractivity contribution in [2.45, 2.75) is 44.6 Å². The third-order valence-electron chi connectivity index (χ3n) is 5.13. The molecule has 0 amide bonds. The molecule has 3 nitrogen and oxygen atoms in total. The van der Waals surface area contributed by atoms with Crippen LogP contribution in [0.25, 0.3) is 0 Å². The van der Waals surface area contributed by atoms with Gasteiger partial charge in [-0.15, -0.1) is 0 Å². The van der Waals surface area contributed by atoms with Gasteiger partial charge in [-0.1, -0.05) is 6.42 Å². The van der Waals surface area contributed by atoms with Crippen LogP contribution in [0.3, 0.4) is 0 Å². The minimum atomic E-state index is 0.881. The van der Waals surface area contributed by atoms with E-state index in [0.717, 1.165) is 12.0 Å². The number of hydrogen-bond acceptors (Lipinski definition) is 3. The number of rotatable bonds is 3. The molecule has 0 aliphatic carbocycles. The predicted molar refractivity (Wildman–Crippen MR) is 75.9 cm³/mol. The van der Waals surface area contributed by atoms with E-state index in [9.17, 15) is 0 Å². The highest BCUT2D eigenvalue weighted by atomic mass is 15.3. The van der Waals surface area contributed by atoms with Crippen LogP contribution >= 0.6 is 0 Å². The van der Waals surface area contributed by atoms with Crippen molar-refractivity contribution in [3.63, 3.8) is 0 Å². The van der Waals surface area contributed by atoms with E-state index >= 15 is 0 Å². The number of hydrogen-bond donors (Lipinski definition) is 1. The zero-order chi connectivity index (χ0) is 12.2. The average Bonchev–Trinajstić information content (AvgIpc) is 2.89. The molecule has 3 aliphatic heterocycles. The first-order valence-electron chi connectivity index (χ1n) is 8.09. The van der Waals surface area contributed by atoms with E-state index in [2.05, 4.69) is 15.1 Å². The maximum atomic E-state index is 3.47. The van der Waals surface area contributed by atoms with Crippen LogP contribution in [-0.2, 0) is 0 Å². The van der Waals surface area contributed by atoms with Crippen LogP contribution in [0.5, 0.6) is 0 Å². The van der Waals surface area contributed by atoms with Gasteiger partial charge in [-0.2, -0.15) is 0 Å². The van der Waals surface area contributed by atoms with Crippen LogP contribution in [0.15, 0.2) is 0 Å². The lowest BCUT2D eigenvalue weighted by Crippen LogP contribution is -2.42. The number of nitrogens with one attached hydrogen (secondary N) is 1. The summed E-state index contributed by atoms with van der Waals surface area (Å²) in [5.41, 5.74) is 0. The molecular weight excluding hydrogens is 222 g/mol. The fourth-order valence-electron chi connectivity index (χ4n) is 3.99. The second-order valence-corrected chi connectivity index (χ2v) is 6.49. The Morgan fingerprint density at radius 1 is 0.889 bits per heavy atom. The lowest BCUT2D eigenvalue weighted by atomic mass is 9.98. The minimum absolute atomic E-state index is 0.881. The molecule has 0 aromatic heterocycles. The van der Waals surface area contributed by atoms with Crippen LogP contribution in [0.4, 0.5) is 0 Å². The van der Waals surface area contributed by atoms with Gasteiger partial charge in [-0.3, -0.25) is 4.90 Å². The summed E-state index contributed by atoms with van der Waals surface area (Å²) in [6.45, 7) is 9.29. The van der Waals surface area contributed by atoms with Gasteiger partial charge in [0.05, 0.1) is 0 Å². The summed E-state index contributed by atoms with van der Waals surface area (Å²) in [5, 5.41) is 3.47. The molecular formula is C15H29N3.